The Morgan fingerprint density at radius 2 is 1.58 bits per heavy atom. The van der Waals surface area contributed by atoms with Crippen LogP contribution in [0.3, 0.4) is 0 Å². The van der Waals surface area contributed by atoms with Crippen molar-refractivity contribution in [2.75, 3.05) is 49.6 Å². The van der Waals surface area contributed by atoms with E-state index in [2.05, 4.69) is 10.2 Å². The monoisotopic (exact) mass is 511 g/mol. The van der Waals surface area contributed by atoms with E-state index in [0.717, 1.165) is 37.7 Å². The molecule has 10 heteroatoms. The van der Waals surface area contributed by atoms with Crippen molar-refractivity contribution >= 4 is 50.5 Å². The van der Waals surface area contributed by atoms with Gasteiger partial charge in [0.15, 0.2) is 0 Å². The van der Waals surface area contributed by atoms with E-state index < -0.39 is 10.0 Å². The molecule has 33 heavy (non-hydrogen) atoms. The van der Waals surface area contributed by atoms with E-state index >= 15 is 0 Å². The van der Waals surface area contributed by atoms with Crippen LogP contribution in [0.4, 0.5) is 11.4 Å². The van der Waals surface area contributed by atoms with Crippen LogP contribution in [0, 0.1) is 5.92 Å². The number of sulfonamides is 1. The average molecular weight is 512 g/mol. The summed E-state index contributed by atoms with van der Waals surface area (Å²) >= 11 is 12.3. The van der Waals surface area contributed by atoms with Crippen molar-refractivity contribution < 1.29 is 17.9 Å². The molecule has 2 aliphatic heterocycles. The fraction of sp³-hybridized carbons (Fsp3) is 0.435. The molecule has 178 valence electrons. The first-order valence-electron chi connectivity index (χ1n) is 11.0. The van der Waals surface area contributed by atoms with Crippen LogP contribution in [-0.2, 0) is 25.3 Å². The number of halogens is 2. The van der Waals surface area contributed by atoms with Crippen LogP contribution in [0.2, 0.25) is 10.0 Å². The molecule has 7 nitrogen and oxygen atoms in total. The van der Waals surface area contributed by atoms with Gasteiger partial charge in [-0.15, -0.1) is 0 Å². The number of nitrogens with zero attached hydrogens (tertiary/aromatic N) is 2. The van der Waals surface area contributed by atoms with Gasteiger partial charge in [0.1, 0.15) is 0 Å². The Labute approximate surface area is 204 Å². The number of amides is 1. The van der Waals surface area contributed by atoms with Gasteiger partial charge in [-0.05, 0) is 49.2 Å². The number of hydrogen-bond donors (Lipinski definition) is 1. The molecule has 0 aliphatic carbocycles. The van der Waals surface area contributed by atoms with Gasteiger partial charge in [-0.3, -0.25) is 4.79 Å². The number of hydrogen-bond acceptors (Lipinski definition) is 5. The second-order valence-electron chi connectivity index (χ2n) is 8.27. The summed E-state index contributed by atoms with van der Waals surface area (Å²) in [5, 5.41) is 3.63. The van der Waals surface area contributed by atoms with E-state index in [1.165, 1.54) is 4.31 Å². The third-order valence-corrected chi connectivity index (χ3v) is 8.63. The number of carbonyl (C=O) groups is 1. The third-order valence-electron chi connectivity index (χ3n) is 6.12. The Balaban J connectivity index is 1.30. The van der Waals surface area contributed by atoms with Crippen LogP contribution in [0.25, 0.3) is 0 Å². The molecule has 0 spiro atoms. The highest BCUT2D eigenvalue weighted by atomic mass is 35.5. The van der Waals surface area contributed by atoms with E-state index in [0.29, 0.717) is 41.5 Å². The first-order valence-corrected chi connectivity index (χ1v) is 13.3. The lowest BCUT2D eigenvalue weighted by Crippen LogP contribution is -2.42. The summed E-state index contributed by atoms with van der Waals surface area (Å²) in [5.74, 6) is -0.572. The van der Waals surface area contributed by atoms with E-state index in [1.807, 2.05) is 24.3 Å². The zero-order valence-electron chi connectivity index (χ0n) is 18.2. The lowest BCUT2D eigenvalue weighted by Gasteiger charge is -2.31. The number of ether oxygens (including phenoxy) is 1. The third kappa shape index (κ3) is 6.00. The molecular weight excluding hydrogens is 485 g/mol. The van der Waals surface area contributed by atoms with Gasteiger partial charge in [0.2, 0.25) is 15.9 Å². The highest BCUT2D eigenvalue weighted by molar-refractivity contribution is 7.88. The maximum Gasteiger partial charge on any atom is 0.227 e. The Bertz CT molecular complexity index is 1060. The van der Waals surface area contributed by atoms with Crippen molar-refractivity contribution in [1.82, 2.24) is 4.31 Å². The highest BCUT2D eigenvalue weighted by Crippen LogP contribution is 2.29. The molecule has 0 bridgehead atoms. The van der Waals surface area contributed by atoms with Gasteiger partial charge >= 0.3 is 0 Å². The lowest BCUT2D eigenvalue weighted by molar-refractivity contribution is -0.120. The number of piperidine rings is 1. The van der Waals surface area contributed by atoms with Crippen LogP contribution in [0.15, 0.2) is 42.5 Å². The minimum absolute atomic E-state index is 0.0830. The van der Waals surface area contributed by atoms with Gasteiger partial charge in [0.05, 0.1) is 19.0 Å². The maximum absolute atomic E-state index is 12.9. The Morgan fingerprint density at radius 1 is 0.970 bits per heavy atom. The molecule has 2 aliphatic rings. The molecule has 2 saturated heterocycles. The SMILES string of the molecule is O=C(Nc1ccc(N2CCOCC2)cc1)C1CCN(S(=O)(=O)Cc2c(Cl)cccc2Cl)CC1. The Hall–Kier alpha value is -1.84. The molecule has 2 fully saturated rings. The first-order chi connectivity index (χ1) is 15.8. The van der Waals surface area contributed by atoms with Gasteiger partial charge < -0.3 is 15.0 Å². The number of morpholine rings is 1. The summed E-state index contributed by atoms with van der Waals surface area (Å²) in [4.78, 5) is 15.0. The van der Waals surface area contributed by atoms with Crippen LogP contribution < -0.4 is 10.2 Å². The number of nitrogens with one attached hydrogen (secondary N) is 1. The van der Waals surface area contributed by atoms with Crippen molar-refractivity contribution in [2.45, 2.75) is 18.6 Å². The van der Waals surface area contributed by atoms with E-state index in [-0.39, 0.29) is 17.6 Å². The summed E-state index contributed by atoms with van der Waals surface area (Å²) in [5.41, 5.74) is 2.25. The average Bonchev–Trinajstić information content (AvgIpc) is 2.83. The molecule has 0 atom stereocenters. The number of carbonyl (C=O) groups excluding carboxylic acids is 1. The van der Waals surface area contributed by atoms with Crippen molar-refractivity contribution in [3.05, 3.63) is 58.1 Å². The zero-order chi connectivity index (χ0) is 23.4. The summed E-state index contributed by atoms with van der Waals surface area (Å²) in [6, 6.07) is 12.7. The smallest absolute Gasteiger partial charge is 0.227 e. The van der Waals surface area contributed by atoms with Gasteiger partial charge in [-0.2, -0.15) is 0 Å². The summed E-state index contributed by atoms with van der Waals surface area (Å²) in [6.45, 7) is 3.74. The zero-order valence-corrected chi connectivity index (χ0v) is 20.5. The predicted molar refractivity (Wildman–Crippen MR) is 131 cm³/mol. The van der Waals surface area contributed by atoms with Crippen LogP contribution in [-0.4, -0.2) is 58.0 Å². The standard InChI is InChI=1S/C23H27Cl2N3O4S/c24-21-2-1-3-22(25)20(21)16-33(30,31)28-10-8-17(9-11-28)23(29)26-18-4-6-19(7-5-18)27-12-14-32-15-13-27/h1-7,17H,8-16H2,(H,26,29). The molecule has 2 aromatic carbocycles. The minimum atomic E-state index is -3.59. The number of rotatable bonds is 6. The van der Waals surface area contributed by atoms with Gasteiger partial charge in [-0.1, -0.05) is 29.3 Å². The van der Waals surface area contributed by atoms with Crippen molar-refractivity contribution in [2.24, 2.45) is 5.92 Å². The molecule has 1 N–H and O–H groups in total. The van der Waals surface area contributed by atoms with Gasteiger partial charge in [-0.25, -0.2) is 12.7 Å². The van der Waals surface area contributed by atoms with Crippen molar-refractivity contribution in [3.8, 4) is 0 Å². The summed E-state index contributed by atoms with van der Waals surface area (Å²) in [6.07, 6.45) is 0.931. The second-order valence-corrected chi connectivity index (χ2v) is 11.0. The summed E-state index contributed by atoms with van der Waals surface area (Å²) < 4.78 is 32.6. The van der Waals surface area contributed by atoms with Crippen LogP contribution in [0.1, 0.15) is 18.4 Å². The molecular formula is C23H27Cl2N3O4S. The molecule has 0 unspecified atom stereocenters. The lowest BCUT2D eigenvalue weighted by atomic mass is 9.97. The number of benzene rings is 2. The van der Waals surface area contributed by atoms with E-state index in [4.69, 9.17) is 27.9 Å². The maximum atomic E-state index is 12.9. The highest BCUT2D eigenvalue weighted by Gasteiger charge is 2.32. The van der Waals surface area contributed by atoms with Crippen molar-refractivity contribution in [1.29, 1.82) is 0 Å². The molecule has 0 radical (unpaired) electrons. The van der Waals surface area contributed by atoms with Crippen LogP contribution >= 0.6 is 23.2 Å². The fourth-order valence-electron chi connectivity index (χ4n) is 4.16. The summed E-state index contributed by atoms with van der Waals surface area (Å²) in [7, 11) is -3.59. The van der Waals surface area contributed by atoms with E-state index in [1.54, 1.807) is 18.2 Å². The number of anilines is 2. The van der Waals surface area contributed by atoms with E-state index in [9.17, 15) is 13.2 Å². The Morgan fingerprint density at radius 3 is 2.18 bits per heavy atom. The topological polar surface area (TPSA) is 79.0 Å². The fourth-order valence-corrected chi connectivity index (χ4v) is 6.48. The molecule has 1 amide bonds. The largest absolute Gasteiger partial charge is 0.378 e. The predicted octanol–water partition coefficient (Wildman–Crippen LogP) is 4.01. The molecule has 0 aromatic heterocycles. The second kappa shape index (κ2) is 10.6. The quantitative estimate of drug-likeness (QED) is 0.633. The minimum Gasteiger partial charge on any atom is -0.378 e. The van der Waals surface area contributed by atoms with Crippen molar-refractivity contribution in [3.63, 3.8) is 0 Å². The molecule has 4 rings (SSSR count). The molecule has 2 aromatic rings. The van der Waals surface area contributed by atoms with Gasteiger partial charge in [0.25, 0.3) is 0 Å². The molecule has 0 saturated carbocycles. The first kappa shape index (κ1) is 24.3. The van der Waals surface area contributed by atoms with Crippen LogP contribution in [0.5, 0.6) is 0 Å². The molecule has 2 heterocycles. The normalized spacial score (nSPS) is 18.3. The van der Waals surface area contributed by atoms with Gasteiger partial charge in [0, 0.05) is 59.1 Å². The Kier molecular flexibility index (Phi) is 7.81.